The molecule has 3 N–H and O–H groups in total. The minimum Gasteiger partial charge on any atom is -0.497 e. The summed E-state index contributed by atoms with van der Waals surface area (Å²) in [5.74, 6) is 0.791. The van der Waals surface area contributed by atoms with Gasteiger partial charge in [0.15, 0.2) is 0 Å². The minimum atomic E-state index is 0.342. The van der Waals surface area contributed by atoms with Crippen molar-refractivity contribution in [3.8, 4) is 5.75 Å². The van der Waals surface area contributed by atoms with E-state index in [0.29, 0.717) is 5.41 Å². The fraction of sp³-hybridized carbons (Fsp3) is 0.538. The van der Waals surface area contributed by atoms with Gasteiger partial charge in [0.1, 0.15) is 5.75 Å². The maximum atomic E-state index is 5.90. The number of hydrogen-bond acceptors (Lipinski definition) is 3. The Kier molecular flexibility index (Phi) is 4.05. The maximum Gasteiger partial charge on any atom is 0.121 e. The molecule has 1 aromatic rings. The first-order valence-electron chi connectivity index (χ1n) is 5.60. The predicted molar refractivity (Wildman–Crippen MR) is 70.0 cm³/mol. The second-order valence-electron chi connectivity index (χ2n) is 5.19. The van der Waals surface area contributed by atoms with Crippen LogP contribution in [0.3, 0.4) is 0 Å². The van der Waals surface area contributed by atoms with Crippen LogP contribution in [-0.4, -0.2) is 13.7 Å². The first-order valence-corrected chi connectivity index (χ1v) is 5.60. The standard InChI is InChI=1S/C13H22N2O/c1-13(2,3)7-8-15-12-6-5-10(16-4)9-11(12)14/h5-6,9,15H,7-8,14H2,1-4H3. The molecule has 1 aromatic carbocycles. The number of hydrogen-bond donors (Lipinski definition) is 2. The molecule has 0 heterocycles. The fourth-order valence-corrected chi connectivity index (χ4v) is 1.40. The zero-order valence-electron chi connectivity index (χ0n) is 10.6. The molecule has 0 radical (unpaired) electrons. The number of nitrogens with one attached hydrogen (secondary N) is 1. The summed E-state index contributed by atoms with van der Waals surface area (Å²) in [6.07, 6.45) is 1.11. The topological polar surface area (TPSA) is 47.3 Å². The third kappa shape index (κ3) is 4.01. The number of methoxy groups -OCH3 is 1. The van der Waals surface area contributed by atoms with E-state index in [0.717, 1.165) is 30.1 Å². The smallest absolute Gasteiger partial charge is 0.121 e. The number of nitrogen functional groups attached to an aromatic ring is 1. The van der Waals surface area contributed by atoms with E-state index in [1.165, 1.54) is 0 Å². The molecule has 0 saturated heterocycles. The quantitative estimate of drug-likeness (QED) is 0.769. The van der Waals surface area contributed by atoms with Crippen molar-refractivity contribution < 1.29 is 4.74 Å². The normalized spacial score (nSPS) is 11.2. The zero-order valence-corrected chi connectivity index (χ0v) is 10.6. The molecule has 0 atom stereocenters. The largest absolute Gasteiger partial charge is 0.497 e. The second-order valence-corrected chi connectivity index (χ2v) is 5.19. The summed E-state index contributed by atoms with van der Waals surface area (Å²) in [6.45, 7) is 7.62. The Hall–Kier alpha value is -1.38. The highest BCUT2D eigenvalue weighted by Crippen LogP contribution is 2.25. The van der Waals surface area contributed by atoms with Gasteiger partial charge in [-0.25, -0.2) is 0 Å². The summed E-state index contributed by atoms with van der Waals surface area (Å²) in [5.41, 5.74) is 7.95. The minimum absolute atomic E-state index is 0.342. The van der Waals surface area contributed by atoms with E-state index in [9.17, 15) is 0 Å². The highest BCUT2D eigenvalue weighted by Gasteiger charge is 2.09. The van der Waals surface area contributed by atoms with Crippen LogP contribution in [0.2, 0.25) is 0 Å². The van der Waals surface area contributed by atoms with Crippen LogP contribution in [0.1, 0.15) is 27.2 Å². The van der Waals surface area contributed by atoms with Crippen LogP contribution in [0.5, 0.6) is 5.75 Å². The lowest BCUT2D eigenvalue weighted by atomic mass is 9.92. The van der Waals surface area contributed by atoms with Crippen molar-refractivity contribution in [2.24, 2.45) is 5.41 Å². The Labute approximate surface area is 98.0 Å². The maximum absolute atomic E-state index is 5.90. The van der Waals surface area contributed by atoms with Gasteiger partial charge >= 0.3 is 0 Å². The molecule has 90 valence electrons. The molecule has 0 amide bonds. The number of anilines is 2. The van der Waals surface area contributed by atoms with Crippen molar-refractivity contribution in [3.05, 3.63) is 18.2 Å². The molecule has 0 aliphatic heterocycles. The van der Waals surface area contributed by atoms with E-state index < -0.39 is 0 Å². The van der Waals surface area contributed by atoms with Crippen molar-refractivity contribution in [2.45, 2.75) is 27.2 Å². The van der Waals surface area contributed by atoms with Crippen LogP contribution in [0.4, 0.5) is 11.4 Å². The van der Waals surface area contributed by atoms with Crippen LogP contribution >= 0.6 is 0 Å². The van der Waals surface area contributed by atoms with Crippen molar-refractivity contribution >= 4 is 11.4 Å². The molecule has 3 nitrogen and oxygen atoms in total. The van der Waals surface area contributed by atoms with E-state index in [1.807, 2.05) is 18.2 Å². The molecule has 0 spiro atoms. The molecule has 1 rings (SSSR count). The van der Waals surface area contributed by atoms with E-state index in [4.69, 9.17) is 10.5 Å². The second kappa shape index (κ2) is 5.10. The number of ether oxygens (including phenoxy) is 1. The lowest BCUT2D eigenvalue weighted by Crippen LogP contribution is -2.13. The van der Waals surface area contributed by atoms with Crippen molar-refractivity contribution in [2.75, 3.05) is 24.7 Å². The van der Waals surface area contributed by atoms with Crippen LogP contribution in [-0.2, 0) is 0 Å². The molecule has 16 heavy (non-hydrogen) atoms. The summed E-state index contributed by atoms with van der Waals surface area (Å²) in [4.78, 5) is 0. The SMILES string of the molecule is COc1ccc(NCCC(C)(C)C)c(N)c1. The molecule has 0 fully saturated rings. The summed E-state index contributed by atoms with van der Waals surface area (Å²) in [7, 11) is 1.64. The van der Waals surface area contributed by atoms with Crippen molar-refractivity contribution in [1.82, 2.24) is 0 Å². The summed E-state index contributed by atoms with van der Waals surface area (Å²) < 4.78 is 5.10. The molecule has 3 heteroatoms. The third-order valence-electron chi connectivity index (χ3n) is 2.45. The first-order chi connectivity index (χ1) is 7.42. The Bertz CT molecular complexity index is 342. The Morgan fingerprint density at radius 2 is 2.00 bits per heavy atom. The van der Waals surface area contributed by atoms with Gasteiger partial charge < -0.3 is 15.8 Å². The van der Waals surface area contributed by atoms with Crippen LogP contribution in [0.25, 0.3) is 0 Å². The van der Waals surface area contributed by atoms with E-state index in [1.54, 1.807) is 7.11 Å². The molecule has 0 aromatic heterocycles. The Morgan fingerprint density at radius 3 is 2.50 bits per heavy atom. The molecule has 0 aliphatic rings. The van der Waals surface area contributed by atoms with Gasteiger partial charge in [-0.2, -0.15) is 0 Å². The van der Waals surface area contributed by atoms with Crippen LogP contribution in [0.15, 0.2) is 18.2 Å². The van der Waals surface area contributed by atoms with Crippen molar-refractivity contribution in [1.29, 1.82) is 0 Å². The molecule has 0 unspecified atom stereocenters. The Morgan fingerprint density at radius 1 is 1.31 bits per heavy atom. The summed E-state index contributed by atoms with van der Waals surface area (Å²) >= 11 is 0. The van der Waals surface area contributed by atoms with Gasteiger partial charge in [-0.05, 0) is 24.0 Å². The van der Waals surface area contributed by atoms with E-state index in [-0.39, 0.29) is 0 Å². The van der Waals surface area contributed by atoms with Gasteiger partial charge in [0.25, 0.3) is 0 Å². The van der Waals surface area contributed by atoms with Crippen LogP contribution < -0.4 is 15.8 Å². The number of rotatable bonds is 4. The van der Waals surface area contributed by atoms with Gasteiger partial charge in [-0.1, -0.05) is 20.8 Å². The average molecular weight is 222 g/mol. The van der Waals surface area contributed by atoms with Crippen LogP contribution in [0, 0.1) is 5.41 Å². The molecular weight excluding hydrogens is 200 g/mol. The zero-order chi connectivity index (χ0) is 12.2. The molecule has 0 aliphatic carbocycles. The lowest BCUT2D eigenvalue weighted by Gasteiger charge is -2.19. The lowest BCUT2D eigenvalue weighted by molar-refractivity contribution is 0.390. The Balaban J connectivity index is 2.55. The molecular formula is C13H22N2O. The molecule has 0 saturated carbocycles. The molecule has 0 bridgehead atoms. The third-order valence-corrected chi connectivity index (χ3v) is 2.45. The monoisotopic (exact) mass is 222 g/mol. The predicted octanol–water partition coefficient (Wildman–Crippen LogP) is 3.13. The summed E-state index contributed by atoms with van der Waals surface area (Å²) in [6, 6.07) is 5.70. The average Bonchev–Trinajstić information content (AvgIpc) is 2.18. The van der Waals surface area contributed by atoms with E-state index >= 15 is 0 Å². The van der Waals surface area contributed by atoms with Gasteiger partial charge in [-0.15, -0.1) is 0 Å². The highest BCUT2D eigenvalue weighted by atomic mass is 16.5. The van der Waals surface area contributed by atoms with Gasteiger partial charge in [0.05, 0.1) is 18.5 Å². The number of benzene rings is 1. The first kappa shape index (κ1) is 12.7. The van der Waals surface area contributed by atoms with E-state index in [2.05, 4.69) is 26.1 Å². The van der Waals surface area contributed by atoms with Gasteiger partial charge in [0, 0.05) is 12.6 Å². The van der Waals surface area contributed by atoms with Gasteiger partial charge in [-0.3, -0.25) is 0 Å². The van der Waals surface area contributed by atoms with Crippen molar-refractivity contribution in [3.63, 3.8) is 0 Å². The highest BCUT2D eigenvalue weighted by molar-refractivity contribution is 5.68. The van der Waals surface area contributed by atoms with Gasteiger partial charge in [0.2, 0.25) is 0 Å². The summed E-state index contributed by atoms with van der Waals surface area (Å²) in [5, 5.41) is 3.34. The fourth-order valence-electron chi connectivity index (χ4n) is 1.40. The number of nitrogens with two attached hydrogens (primary N) is 1.